The molecule has 72 valence electrons. The number of nitrogen functional groups attached to an aromatic ring is 1. The first kappa shape index (κ1) is 8.83. The molecule has 0 aliphatic rings. The van der Waals surface area contributed by atoms with Gasteiger partial charge in [-0.25, -0.2) is 4.79 Å². The number of nitrogens with zero attached hydrogens (tertiary/aromatic N) is 1. The maximum atomic E-state index is 10.7. The lowest BCUT2D eigenvalue weighted by molar-refractivity contribution is 0.0697. The second-order valence-corrected chi connectivity index (χ2v) is 3.18. The number of rotatable bonds is 1. The highest BCUT2D eigenvalue weighted by Gasteiger charge is 2.11. The molecule has 0 amide bonds. The molecule has 5 nitrogen and oxygen atoms in total. The number of aromatic carboxylic acids is 1. The predicted molar refractivity (Wildman–Crippen MR) is 52.5 cm³/mol. The molecule has 0 atom stereocenters. The fourth-order valence-electron chi connectivity index (χ4n) is 1.24. The van der Waals surface area contributed by atoms with Gasteiger partial charge in [0.25, 0.3) is 0 Å². The van der Waals surface area contributed by atoms with Gasteiger partial charge in [0.15, 0.2) is 0 Å². The maximum absolute atomic E-state index is 10.7. The quantitative estimate of drug-likeness (QED) is 0.624. The van der Waals surface area contributed by atoms with E-state index in [1.807, 2.05) is 0 Å². The lowest BCUT2D eigenvalue weighted by Gasteiger charge is -1.98. The number of benzene rings is 1. The van der Waals surface area contributed by atoms with Gasteiger partial charge < -0.3 is 10.8 Å². The normalized spacial score (nSPS) is 10.6. The molecule has 0 bridgehead atoms. The number of hydrogen-bond acceptors (Lipinski definition) is 3. The van der Waals surface area contributed by atoms with Gasteiger partial charge in [-0.3, -0.25) is 5.10 Å². The van der Waals surface area contributed by atoms with Crippen molar-refractivity contribution in [2.75, 3.05) is 5.73 Å². The van der Waals surface area contributed by atoms with Gasteiger partial charge >= 0.3 is 5.97 Å². The smallest absolute Gasteiger partial charge is 0.335 e. The zero-order chi connectivity index (χ0) is 10.3. The van der Waals surface area contributed by atoms with E-state index >= 15 is 0 Å². The molecule has 0 aliphatic heterocycles. The highest BCUT2D eigenvalue weighted by molar-refractivity contribution is 6.34. The molecule has 1 aromatic carbocycles. The largest absolute Gasteiger partial charge is 0.478 e. The summed E-state index contributed by atoms with van der Waals surface area (Å²) in [5, 5.41) is 15.9. The van der Waals surface area contributed by atoms with Gasteiger partial charge in [0, 0.05) is 5.39 Å². The van der Waals surface area contributed by atoms with Crippen molar-refractivity contribution in [3.05, 3.63) is 22.8 Å². The standard InChI is InChI=1S/C8H6ClN3O2/c9-7-4-1-3(8(13)14)2-5(10)6(4)11-12-7/h1-2H,10H2,(H,11,12)(H,13,14). The lowest BCUT2D eigenvalue weighted by Crippen LogP contribution is -1.98. The first-order chi connectivity index (χ1) is 6.59. The van der Waals surface area contributed by atoms with Gasteiger partial charge in [0.1, 0.15) is 10.7 Å². The summed E-state index contributed by atoms with van der Waals surface area (Å²) in [7, 11) is 0. The van der Waals surface area contributed by atoms with Crippen LogP contribution in [0.5, 0.6) is 0 Å². The van der Waals surface area contributed by atoms with Gasteiger partial charge in [-0.15, -0.1) is 0 Å². The summed E-state index contributed by atoms with van der Waals surface area (Å²) in [6.45, 7) is 0. The van der Waals surface area contributed by atoms with E-state index in [1.165, 1.54) is 12.1 Å². The van der Waals surface area contributed by atoms with Crippen LogP contribution in [0.4, 0.5) is 5.69 Å². The SMILES string of the molecule is Nc1cc(C(=O)O)cc2c(Cl)[nH]nc12. The summed E-state index contributed by atoms with van der Waals surface area (Å²) in [5.74, 6) is -1.05. The summed E-state index contributed by atoms with van der Waals surface area (Å²) in [4.78, 5) is 10.7. The van der Waals surface area contributed by atoms with Crippen LogP contribution >= 0.6 is 11.6 Å². The van der Waals surface area contributed by atoms with Crippen molar-refractivity contribution in [1.82, 2.24) is 10.2 Å². The Balaban J connectivity index is 2.82. The molecule has 6 heteroatoms. The van der Waals surface area contributed by atoms with Crippen LogP contribution in [0.3, 0.4) is 0 Å². The Bertz CT molecular complexity index is 521. The van der Waals surface area contributed by atoms with E-state index < -0.39 is 5.97 Å². The molecule has 1 heterocycles. The zero-order valence-corrected chi connectivity index (χ0v) is 7.67. The summed E-state index contributed by atoms with van der Waals surface area (Å²) < 4.78 is 0. The van der Waals surface area contributed by atoms with Crippen LogP contribution in [-0.4, -0.2) is 21.3 Å². The van der Waals surface area contributed by atoms with E-state index in [4.69, 9.17) is 22.4 Å². The molecule has 4 N–H and O–H groups in total. The Kier molecular flexibility index (Phi) is 1.82. The zero-order valence-electron chi connectivity index (χ0n) is 6.91. The highest BCUT2D eigenvalue weighted by atomic mass is 35.5. The molecule has 2 aromatic rings. The number of nitrogens with one attached hydrogen (secondary N) is 1. The average molecular weight is 212 g/mol. The molecule has 0 aliphatic carbocycles. The van der Waals surface area contributed by atoms with E-state index in [1.54, 1.807) is 0 Å². The third-order valence-electron chi connectivity index (χ3n) is 1.89. The molecule has 14 heavy (non-hydrogen) atoms. The summed E-state index contributed by atoms with van der Waals surface area (Å²) >= 11 is 5.75. The third-order valence-corrected chi connectivity index (χ3v) is 2.18. The van der Waals surface area contributed by atoms with Crippen LogP contribution in [0.15, 0.2) is 12.1 Å². The predicted octanol–water partition coefficient (Wildman–Crippen LogP) is 1.50. The van der Waals surface area contributed by atoms with E-state index in [9.17, 15) is 4.79 Å². The van der Waals surface area contributed by atoms with Gasteiger partial charge in [-0.1, -0.05) is 11.6 Å². The molecule has 0 saturated heterocycles. The topological polar surface area (TPSA) is 92.0 Å². The van der Waals surface area contributed by atoms with Gasteiger partial charge in [-0.2, -0.15) is 5.10 Å². The summed E-state index contributed by atoms with van der Waals surface area (Å²) in [6.07, 6.45) is 0. The van der Waals surface area contributed by atoms with E-state index in [0.29, 0.717) is 16.6 Å². The number of carbonyl (C=O) groups is 1. The Labute approximate surface area is 83.5 Å². The minimum atomic E-state index is -1.05. The fraction of sp³-hybridized carbons (Fsp3) is 0. The Morgan fingerprint density at radius 1 is 1.57 bits per heavy atom. The molecule has 0 radical (unpaired) electrons. The molecule has 0 spiro atoms. The lowest BCUT2D eigenvalue weighted by atomic mass is 10.1. The van der Waals surface area contributed by atoms with Crippen LogP contribution in [0.1, 0.15) is 10.4 Å². The number of halogens is 1. The third kappa shape index (κ3) is 1.18. The number of aromatic nitrogens is 2. The Morgan fingerprint density at radius 2 is 2.29 bits per heavy atom. The molecular weight excluding hydrogens is 206 g/mol. The number of carboxylic acid groups (broad SMARTS) is 1. The molecule has 0 unspecified atom stereocenters. The van der Waals surface area contributed by atoms with Crippen molar-refractivity contribution in [1.29, 1.82) is 0 Å². The van der Waals surface area contributed by atoms with Crippen LogP contribution in [-0.2, 0) is 0 Å². The summed E-state index contributed by atoms with van der Waals surface area (Å²) in [6, 6.07) is 2.78. The minimum absolute atomic E-state index is 0.0956. The Hall–Kier alpha value is -1.75. The molecular formula is C8H6ClN3O2. The number of fused-ring (bicyclic) bond motifs is 1. The van der Waals surface area contributed by atoms with Crippen molar-refractivity contribution in [3.8, 4) is 0 Å². The highest BCUT2D eigenvalue weighted by Crippen LogP contribution is 2.26. The van der Waals surface area contributed by atoms with Crippen molar-refractivity contribution in [2.24, 2.45) is 0 Å². The number of anilines is 1. The second-order valence-electron chi connectivity index (χ2n) is 2.80. The van der Waals surface area contributed by atoms with E-state index in [2.05, 4.69) is 10.2 Å². The van der Waals surface area contributed by atoms with E-state index in [-0.39, 0.29) is 10.7 Å². The van der Waals surface area contributed by atoms with Crippen molar-refractivity contribution in [3.63, 3.8) is 0 Å². The minimum Gasteiger partial charge on any atom is -0.478 e. The van der Waals surface area contributed by atoms with Crippen molar-refractivity contribution < 1.29 is 9.90 Å². The van der Waals surface area contributed by atoms with Crippen molar-refractivity contribution in [2.45, 2.75) is 0 Å². The van der Waals surface area contributed by atoms with Crippen molar-refractivity contribution >= 4 is 34.2 Å². The first-order valence-electron chi connectivity index (χ1n) is 3.76. The fourth-order valence-corrected chi connectivity index (χ4v) is 1.42. The Morgan fingerprint density at radius 3 is 2.93 bits per heavy atom. The van der Waals surface area contributed by atoms with Crippen LogP contribution in [0.25, 0.3) is 10.9 Å². The van der Waals surface area contributed by atoms with Crippen LogP contribution in [0, 0.1) is 0 Å². The summed E-state index contributed by atoms with van der Waals surface area (Å²) in [5.41, 5.74) is 6.48. The van der Waals surface area contributed by atoms with Crippen LogP contribution in [0.2, 0.25) is 5.15 Å². The monoisotopic (exact) mass is 211 g/mol. The molecule has 0 fully saturated rings. The van der Waals surface area contributed by atoms with Gasteiger partial charge in [0.05, 0.1) is 11.3 Å². The second kappa shape index (κ2) is 2.88. The molecule has 0 saturated carbocycles. The van der Waals surface area contributed by atoms with Crippen LogP contribution < -0.4 is 5.73 Å². The van der Waals surface area contributed by atoms with Gasteiger partial charge in [-0.05, 0) is 12.1 Å². The molecule has 2 rings (SSSR count). The number of aromatic amines is 1. The number of nitrogens with two attached hydrogens (primary N) is 1. The van der Waals surface area contributed by atoms with Gasteiger partial charge in [0.2, 0.25) is 0 Å². The number of carboxylic acids is 1. The van der Waals surface area contributed by atoms with E-state index in [0.717, 1.165) is 0 Å². The average Bonchev–Trinajstić information content (AvgIpc) is 2.48. The molecule has 1 aromatic heterocycles. The first-order valence-corrected chi connectivity index (χ1v) is 4.14. The number of H-pyrrole nitrogens is 1. The number of hydrogen-bond donors (Lipinski definition) is 3. The maximum Gasteiger partial charge on any atom is 0.335 e.